The lowest BCUT2D eigenvalue weighted by Crippen LogP contribution is -2.13. The van der Waals surface area contributed by atoms with E-state index >= 15 is 0 Å². The van der Waals surface area contributed by atoms with Gasteiger partial charge in [-0.05, 0) is 25.3 Å². The van der Waals surface area contributed by atoms with Gasteiger partial charge in [0.25, 0.3) is 0 Å². The van der Waals surface area contributed by atoms with E-state index in [0.717, 1.165) is 0 Å². The molecule has 0 fully saturated rings. The second-order valence-corrected chi connectivity index (χ2v) is 3.64. The lowest BCUT2D eigenvalue weighted by atomic mass is 9.97. The molecule has 0 saturated heterocycles. The largest absolute Gasteiger partial charge is 0.388 e. The average Bonchev–Trinajstić information content (AvgIpc) is 2.20. The summed E-state index contributed by atoms with van der Waals surface area (Å²) in [7, 11) is 1.96. The zero-order chi connectivity index (χ0) is 12.4. The molecular formula is C14H27N. The fraction of sp³-hybridized carbons (Fsp3) is 0.571. The van der Waals surface area contributed by atoms with Gasteiger partial charge in [-0.25, -0.2) is 0 Å². The second kappa shape index (κ2) is 9.57. The zero-order valence-corrected chi connectivity index (χ0v) is 11.4. The molecule has 0 atom stereocenters. The summed E-state index contributed by atoms with van der Waals surface area (Å²) in [5, 5.41) is 3.23. The summed E-state index contributed by atoms with van der Waals surface area (Å²) in [4.78, 5) is 0. The van der Waals surface area contributed by atoms with Crippen molar-refractivity contribution < 1.29 is 0 Å². The minimum atomic E-state index is 0.523. The van der Waals surface area contributed by atoms with Crippen LogP contribution in [-0.4, -0.2) is 7.05 Å². The van der Waals surface area contributed by atoms with Crippen molar-refractivity contribution >= 4 is 0 Å². The minimum Gasteiger partial charge on any atom is -0.388 e. The number of hydrogen-bond acceptors (Lipinski definition) is 1. The van der Waals surface area contributed by atoms with Crippen LogP contribution in [0, 0.1) is 5.92 Å². The quantitative estimate of drug-likeness (QED) is 0.681. The predicted molar refractivity (Wildman–Crippen MR) is 71.9 cm³/mol. The molecule has 1 heteroatoms. The second-order valence-electron chi connectivity index (χ2n) is 3.64. The van der Waals surface area contributed by atoms with Gasteiger partial charge in [-0.15, -0.1) is 0 Å². The van der Waals surface area contributed by atoms with Crippen LogP contribution >= 0.6 is 0 Å². The van der Waals surface area contributed by atoms with Gasteiger partial charge in [-0.3, -0.25) is 0 Å². The fourth-order valence-electron chi connectivity index (χ4n) is 1.37. The average molecular weight is 209 g/mol. The molecule has 0 spiro atoms. The molecule has 0 saturated carbocycles. The van der Waals surface area contributed by atoms with Crippen LogP contribution in [0.3, 0.4) is 0 Å². The van der Waals surface area contributed by atoms with Crippen molar-refractivity contribution in [3.8, 4) is 0 Å². The van der Waals surface area contributed by atoms with E-state index in [9.17, 15) is 0 Å². The number of likely N-dealkylation sites (N-methyl/N-ethyl adjacent to an activating group) is 1. The Morgan fingerprint density at radius 1 is 1.20 bits per heavy atom. The molecule has 0 aromatic heterocycles. The number of rotatable bonds is 4. The van der Waals surface area contributed by atoms with Gasteiger partial charge < -0.3 is 5.32 Å². The highest BCUT2D eigenvalue weighted by atomic mass is 14.8. The van der Waals surface area contributed by atoms with Gasteiger partial charge in [-0.1, -0.05) is 52.0 Å². The molecule has 1 nitrogen and oxygen atoms in total. The van der Waals surface area contributed by atoms with Crippen LogP contribution in [0.1, 0.15) is 41.5 Å². The lowest BCUT2D eigenvalue weighted by Gasteiger charge is -2.16. The Morgan fingerprint density at radius 2 is 1.67 bits per heavy atom. The van der Waals surface area contributed by atoms with Gasteiger partial charge in [0, 0.05) is 12.7 Å². The Hall–Kier alpha value is -0.980. The van der Waals surface area contributed by atoms with E-state index in [1.165, 1.54) is 16.8 Å². The van der Waals surface area contributed by atoms with Crippen molar-refractivity contribution in [1.82, 2.24) is 5.32 Å². The highest BCUT2D eigenvalue weighted by Gasteiger charge is 2.08. The van der Waals surface area contributed by atoms with Crippen LogP contribution in [0.5, 0.6) is 0 Å². The third-order valence-electron chi connectivity index (χ3n) is 1.96. The van der Waals surface area contributed by atoms with E-state index in [0.29, 0.717) is 5.92 Å². The Kier molecular flexibility index (Phi) is 10.5. The zero-order valence-electron chi connectivity index (χ0n) is 11.4. The Balaban J connectivity index is 0. The van der Waals surface area contributed by atoms with Crippen LogP contribution in [0.25, 0.3) is 0 Å². The molecule has 0 aromatic rings. The van der Waals surface area contributed by atoms with Crippen LogP contribution in [-0.2, 0) is 0 Å². The van der Waals surface area contributed by atoms with Crippen molar-refractivity contribution in [3.05, 3.63) is 35.6 Å². The molecule has 88 valence electrons. The van der Waals surface area contributed by atoms with Crippen molar-refractivity contribution in [3.63, 3.8) is 0 Å². The van der Waals surface area contributed by atoms with Crippen molar-refractivity contribution in [1.29, 1.82) is 0 Å². The molecule has 0 aliphatic heterocycles. The first-order chi connectivity index (χ1) is 7.04. The summed E-state index contributed by atoms with van der Waals surface area (Å²) in [5.74, 6) is 0.523. The third kappa shape index (κ3) is 6.16. The van der Waals surface area contributed by atoms with Gasteiger partial charge in [0.1, 0.15) is 0 Å². The summed E-state index contributed by atoms with van der Waals surface area (Å²) in [6, 6.07) is 0. The third-order valence-corrected chi connectivity index (χ3v) is 1.96. The molecular weight excluding hydrogens is 182 g/mol. The van der Waals surface area contributed by atoms with Crippen molar-refractivity contribution in [2.75, 3.05) is 7.05 Å². The van der Waals surface area contributed by atoms with Gasteiger partial charge in [-0.2, -0.15) is 0 Å². The van der Waals surface area contributed by atoms with E-state index in [4.69, 9.17) is 0 Å². The molecule has 0 aliphatic carbocycles. The molecule has 0 heterocycles. The van der Waals surface area contributed by atoms with Crippen LogP contribution in [0.4, 0.5) is 0 Å². The number of hydrogen-bond donors (Lipinski definition) is 1. The Morgan fingerprint density at radius 3 is 1.87 bits per heavy atom. The van der Waals surface area contributed by atoms with Gasteiger partial charge in [0.15, 0.2) is 0 Å². The van der Waals surface area contributed by atoms with Crippen molar-refractivity contribution in [2.45, 2.75) is 41.5 Å². The fourth-order valence-corrected chi connectivity index (χ4v) is 1.37. The standard InChI is InChI=1S/C12H21N.C2H6/c1-7-8-11(9(2)3)12(13-6)10(4)5;1-2/h7-9,13H,1H2,2-6H3;1-2H3/b11-8-;. The predicted octanol–water partition coefficient (Wildman–Crippen LogP) is 4.29. The first-order valence-corrected chi connectivity index (χ1v) is 5.72. The van der Waals surface area contributed by atoms with Crippen LogP contribution in [0.15, 0.2) is 35.6 Å². The van der Waals surface area contributed by atoms with Gasteiger partial charge >= 0.3 is 0 Å². The lowest BCUT2D eigenvalue weighted by molar-refractivity contribution is 0.748. The van der Waals surface area contributed by atoms with E-state index < -0.39 is 0 Å². The van der Waals surface area contributed by atoms with Gasteiger partial charge in [0.05, 0.1) is 0 Å². The first-order valence-electron chi connectivity index (χ1n) is 5.72. The molecule has 0 aromatic carbocycles. The molecule has 0 amide bonds. The Bertz CT molecular complexity index is 228. The summed E-state index contributed by atoms with van der Waals surface area (Å²) >= 11 is 0. The maximum absolute atomic E-state index is 3.73. The topological polar surface area (TPSA) is 12.0 Å². The smallest absolute Gasteiger partial charge is 0.0359 e. The van der Waals surface area contributed by atoms with E-state index in [-0.39, 0.29) is 0 Å². The molecule has 0 unspecified atom stereocenters. The maximum atomic E-state index is 3.73. The monoisotopic (exact) mass is 209 g/mol. The molecule has 1 N–H and O–H groups in total. The van der Waals surface area contributed by atoms with Gasteiger partial charge in [0.2, 0.25) is 0 Å². The summed E-state index contributed by atoms with van der Waals surface area (Å²) in [6.45, 7) is 16.3. The normalized spacial score (nSPS) is 10.3. The Labute approximate surface area is 96.0 Å². The van der Waals surface area contributed by atoms with E-state index in [2.05, 4.69) is 45.7 Å². The highest BCUT2D eigenvalue weighted by Crippen LogP contribution is 2.19. The first kappa shape index (κ1) is 16.4. The van der Waals surface area contributed by atoms with E-state index in [1.807, 2.05) is 27.0 Å². The van der Waals surface area contributed by atoms with Crippen molar-refractivity contribution in [2.24, 2.45) is 5.92 Å². The SMILES string of the molecule is C=C/C=C(\C(NC)=C(C)C)C(C)C.CC. The highest BCUT2D eigenvalue weighted by molar-refractivity contribution is 5.35. The maximum Gasteiger partial charge on any atom is 0.0359 e. The van der Waals surface area contributed by atoms with Crippen LogP contribution in [0.2, 0.25) is 0 Å². The molecule has 0 aliphatic rings. The number of allylic oxidation sites excluding steroid dienone is 4. The summed E-state index contributed by atoms with van der Waals surface area (Å²) < 4.78 is 0. The molecule has 0 rings (SSSR count). The number of nitrogens with one attached hydrogen (secondary N) is 1. The summed E-state index contributed by atoms with van der Waals surface area (Å²) in [6.07, 6.45) is 3.92. The molecule has 15 heavy (non-hydrogen) atoms. The van der Waals surface area contributed by atoms with Crippen LogP contribution < -0.4 is 5.32 Å². The molecule has 0 bridgehead atoms. The summed E-state index contributed by atoms with van der Waals surface area (Å²) in [5.41, 5.74) is 3.86. The molecule has 0 radical (unpaired) electrons. The van der Waals surface area contributed by atoms with E-state index in [1.54, 1.807) is 0 Å². The minimum absolute atomic E-state index is 0.523.